The summed E-state index contributed by atoms with van der Waals surface area (Å²) in [5.41, 5.74) is 1.85. The van der Waals surface area contributed by atoms with Crippen molar-refractivity contribution in [3.63, 3.8) is 0 Å². The smallest absolute Gasteiger partial charge is 0.336 e. The van der Waals surface area contributed by atoms with Crippen LogP contribution in [0.3, 0.4) is 0 Å². The second-order valence-electron chi connectivity index (χ2n) is 6.86. The van der Waals surface area contributed by atoms with E-state index in [0.29, 0.717) is 11.3 Å². The minimum atomic E-state index is -0.420. The van der Waals surface area contributed by atoms with Crippen molar-refractivity contribution in [3.05, 3.63) is 65.0 Å². The Morgan fingerprint density at radius 2 is 1.82 bits per heavy atom. The minimum absolute atomic E-state index is 0.128. The molecule has 1 aliphatic rings. The maximum absolute atomic E-state index is 12.4. The molecule has 1 fully saturated rings. The van der Waals surface area contributed by atoms with Crippen molar-refractivity contribution in [3.8, 4) is 5.75 Å². The number of amides is 1. The van der Waals surface area contributed by atoms with E-state index in [0.717, 1.165) is 29.9 Å². The van der Waals surface area contributed by atoms with Crippen LogP contribution in [-0.2, 0) is 4.79 Å². The maximum Gasteiger partial charge on any atom is 0.336 e. The van der Waals surface area contributed by atoms with Crippen LogP contribution >= 0.6 is 0 Å². The number of piperidine rings is 1. The highest BCUT2D eigenvalue weighted by atomic mass is 16.5. The standard InChI is InChI=1S/C22H22N2O4/c25-21(15-27-17-10-8-16-9-11-22(26)28-20(16)14-17)23-18-6-2-3-7-19(18)24-12-4-1-5-13-24/h2-3,6-11,14H,1,4-5,12-13,15H2,(H,23,25). The average Bonchev–Trinajstić information content (AvgIpc) is 2.73. The lowest BCUT2D eigenvalue weighted by Gasteiger charge is -2.30. The molecule has 6 heteroatoms. The number of nitrogens with one attached hydrogen (secondary N) is 1. The van der Waals surface area contributed by atoms with Gasteiger partial charge in [0.15, 0.2) is 6.61 Å². The first-order valence-corrected chi connectivity index (χ1v) is 9.49. The first-order valence-electron chi connectivity index (χ1n) is 9.49. The molecule has 144 valence electrons. The fourth-order valence-corrected chi connectivity index (χ4v) is 3.46. The SMILES string of the molecule is O=C(COc1ccc2ccc(=O)oc2c1)Nc1ccccc1N1CCCCC1. The second-order valence-corrected chi connectivity index (χ2v) is 6.86. The van der Waals surface area contributed by atoms with Crippen LogP contribution in [-0.4, -0.2) is 25.6 Å². The van der Waals surface area contributed by atoms with Crippen molar-refractivity contribution < 1.29 is 13.9 Å². The summed E-state index contributed by atoms with van der Waals surface area (Å²) < 4.78 is 10.7. The van der Waals surface area contributed by atoms with Crippen LogP contribution in [0.4, 0.5) is 11.4 Å². The van der Waals surface area contributed by atoms with Crippen LogP contribution in [0.15, 0.2) is 63.8 Å². The zero-order valence-corrected chi connectivity index (χ0v) is 15.5. The molecule has 2 heterocycles. The van der Waals surface area contributed by atoms with Crippen LogP contribution in [0, 0.1) is 0 Å². The summed E-state index contributed by atoms with van der Waals surface area (Å²) in [6.45, 7) is 1.88. The number of rotatable bonds is 5. The lowest BCUT2D eigenvalue weighted by Crippen LogP contribution is -2.30. The molecule has 1 aliphatic heterocycles. The molecule has 28 heavy (non-hydrogen) atoms. The third-order valence-electron chi connectivity index (χ3n) is 4.84. The van der Waals surface area contributed by atoms with Gasteiger partial charge in [-0.2, -0.15) is 0 Å². The van der Waals surface area contributed by atoms with E-state index in [9.17, 15) is 9.59 Å². The molecule has 1 saturated heterocycles. The number of hydrogen-bond donors (Lipinski definition) is 1. The van der Waals surface area contributed by atoms with Gasteiger partial charge in [0.2, 0.25) is 0 Å². The van der Waals surface area contributed by atoms with Crippen molar-refractivity contribution in [2.24, 2.45) is 0 Å². The Morgan fingerprint density at radius 1 is 1.04 bits per heavy atom. The number of anilines is 2. The molecule has 4 rings (SSSR count). The third kappa shape index (κ3) is 4.17. The van der Waals surface area contributed by atoms with Gasteiger partial charge >= 0.3 is 5.63 Å². The predicted molar refractivity (Wildman–Crippen MR) is 109 cm³/mol. The highest BCUT2D eigenvalue weighted by molar-refractivity contribution is 5.95. The molecule has 1 aromatic heterocycles. The highest BCUT2D eigenvalue weighted by Crippen LogP contribution is 2.28. The van der Waals surface area contributed by atoms with E-state index in [-0.39, 0.29) is 12.5 Å². The zero-order chi connectivity index (χ0) is 19.3. The number of nitrogens with zero attached hydrogens (tertiary/aromatic N) is 1. The molecule has 0 aliphatic carbocycles. The van der Waals surface area contributed by atoms with Gasteiger partial charge in [0.25, 0.3) is 5.91 Å². The molecule has 1 N–H and O–H groups in total. The molecule has 0 saturated carbocycles. The molecular weight excluding hydrogens is 356 g/mol. The fraction of sp³-hybridized carbons (Fsp3) is 0.273. The fourth-order valence-electron chi connectivity index (χ4n) is 3.46. The first-order chi connectivity index (χ1) is 13.7. The number of fused-ring (bicyclic) bond motifs is 1. The van der Waals surface area contributed by atoms with E-state index in [1.54, 1.807) is 24.3 Å². The molecule has 0 atom stereocenters. The molecule has 6 nitrogen and oxygen atoms in total. The second kappa shape index (κ2) is 8.17. The summed E-state index contributed by atoms with van der Waals surface area (Å²) in [5, 5.41) is 3.74. The Morgan fingerprint density at radius 3 is 2.68 bits per heavy atom. The van der Waals surface area contributed by atoms with E-state index >= 15 is 0 Å². The predicted octanol–water partition coefficient (Wildman–Crippen LogP) is 3.80. The molecule has 0 spiro atoms. The van der Waals surface area contributed by atoms with Crippen molar-refractivity contribution in [1.29, 1.82) is 0 Å². The van der Waals surface area contributed by atoms with Gasteiger partial charge in [0.05, 0.1) is 11.4 Å². The zero-order valence-electron chi connectivity index (χ0n) is 15.5. The highest BCUT2D eigenvalue weighted by Gasteiger charge is 2.15. The van der Waals surface area contributed by atoms with Crippen LogP contribution in [0.1, 0.15) is 19.3 Å². The molecule has 3 aromatic rings. The van der Waals surface area contributed by atoms with Crippen LogP contribution in [0.2, 0.25) is 0 Å². The summed E-state index contributed by atoms with van der Waals surface area (Å²) in [7, 11) is 0. The molecule has 0 bridgehead atoms. The number of carbonyl (C=O) groups excluding carboxylic acids is 1. The average molecular weight is 378 g/mol. The summed E-state index contributed by atoms with van der Waals surface area (Å²) >= 11 is 0. The topological polar surface area (TPSA) is 71.8 Å². The van der Waals surface area contributed by atoms with Crippen molar-refractivity contribution >= 4 is 28.3 Å². The quantitative estimate of drug-likeness (QED) is 0.684. The van der Waals surface area contributed by atoms with Gasteiger partial charge in [-0.15, -0.1) is 0 Å². The summed E-state index contributed by atoms with van der Waals surface area (Å²) in [4.78, 5) is 26.1. The van der Waals surface area contributed by atoms with Gasteiger partial charge in [-0.05, 0) is 49.6 Å². The van der Waals surface area contributed by atoms with Crippen molar-refractivity contribution in [2.75, 3.05) is 29.9 Å². The molecular formula is C22H22N2O4. The van der Waals surface area contributed by atoms with Gasteiger partial charge in [-0.3, -0.25) is 4.79 Å². The summed E-state index contributed by atoms with van der Waals surface area (Å²) in [6.07, 6.45) is 3.59. The van der Waals surface area contributed by atoms with E-state index in [2.05, 4.69) is 10.2 Å². The van der Waals surface area contributed by atoms with Crippen molar-refractivity contribution in [2.45, 2.75) is 19.3 Å². The summed E-state index contributed by atoms with van der Waals surface area (Å²) in [6, 6.07) is 16.1. The summed E-state index contributed by atoms with van der Waals surface area (Å²) in [5.74, 6) is 0.236. The number of carbonyl (C=O) groups is 1. The Kier molecular flexibility index (Phi) is 5.28. The van der Waals surface area contributed by atoms with Gasteiger partial charge in [-0.25, -0.2) is 4.79 Å². The number of ether oxygens (including phenoxy) is 1. The monoisotopic (exact) mass is 378 g/mol. The van der Waals surface area contributed by atoms with Gasteiger partial charge in [0.1, 0.15) is 11.3 Å². The van der Waals surface area contributed by atoms with Crippen LogP contribution in [0.25, 0.3) is 11.0 Å². The Balaban J connectivity index is 1.42. The van der Waals surface area contributed by atoms with Crippen LogP contribution < -0.4 is 20.6 Å². The van der Waals surface area contributed by atoms with Gasteiger partial charge in [-0.1, -0.05) is 12.1 Å². The Hall–Kier alpha value is -3.28. The van der Waals surface area contributed by atoms with Crippen LogP contribution in [0.5, 0.6) is 5.75 Å². The lowest BCUT2D eigenvalue weighted by molar-refractivity contribution is -0.118. The minimum Gasteiger partial charge on any atom is -0.484 e. The normalized spacial score (nSPS) is 14.1. The third-order valence-corrected chi connectivity index (χ3v) is 4.84. The van der Waals surface area contributed by atoms with E-state index < -0.39 is 5.63 Å². The molecule has 0 unspecified atom stereocenters. The largest absolute Gasteiger partial charge is 0.484 e. The first kappa shape index (κ1) is 18.1. The molecule has 1 amide bonds. The molecule has 2 aromatic carbocycles. The van der Waals surface area contributed by atoms with Crippen molar-refractivity contribution in [1.82, 2.24) is 0 Å². The maximum atomic E-state index is 12.4. The van der Waals surface area contributed by atoms with E-state index in [1.807, 2.05) is 24.3 Å². The lowest BCUT2D eigenvalue weighted by atomic mass is 10.1. The molecule has 0 radical (unpaired) electrons. The van der Waals surface area contributed by atoms with Gasteiger partial charge in [0, 0.05) is 30.6 Å². The Labute approximate surface area is 162 Å². The number of para-hydroxylation sites is 2. The van der Waals surface area contributed by atoms with E-state index in [4.69, 9.17) is 9.15 Å². The van der Waals surface area contributed by atoms with E-state index in [1.165, 1.54) is 25.3 Å². The number of benzene rings is 2. The van der Waals surface area contributed by atoms with Gasteiger partial charge < -0.3 is 19.4 Å². The number of hydrogen-bond acceptors (Lipinski definition) is 5. The Bertz CT molecular complexity index is 1040.